The Morgan fingerprint density at radius 1 is 1.26 bits per heavy atom. The van der Waals surface area contributed by atoms with E-state index in [4.69, 9.17) is 11.2 Å². The van der Waals surface area contributed by atoms with E-state index in [-0.39, 0.29) is 5.91 Å². The molecule has 5 heteroatoms. The van der Waals surface area contributed by atoms with E-state index < -0.39 is 0 Å². The fourth-order valence-electron chi connectivity index (χ4n) is 2.90. The van der Waals surface area contributed by atoms with Crippen LogP contribution in [0, 0.1) is 19.3 Å². The van der Waals surface area contributed by atoms with Crippen molar-refractivity contribution >= 4 is 11.6 Å². The number of carbonyl (C=O) groups excluding carboxylic acids is 1. The molecule has 1 amide bonds. The lowest BCUT2D eigenvalue weighted by Gasteiger charge is -2.20. The predicted octanol–water partition coefficient (Wildman–Crippen LogP) is 3.84. The molecular weight excluding hydrogens is 338 g/mol. The molecule has 0 spiro atoms. The summed E-state index contributed by atoms with van der Waals surface area (Å²) in [5, 5.41) is 4.47. The molecule has 3 rings (SSSR count). The summed E-state index contributed by atoms with van der Waals surface area (Å²) in [6.45, 7) is 4.42. The highest BCUT2D eigenvalue weighted by molar-refractivity contribution is 6.04. The number of anilines is 1. The first kappa shape index (κ1) is 18.3. The number of hydrogen-bond acceptors (Lipinski definition) is 3. The largest absolute Gasteiger partial charge is 0.494 e. The number of aryl methyl sites for hydroxylation is 1. The van der Waals surface area contributed by atoms with Crippen molar-refractivity contribution in [1.82, 2.24) is 9.78 Å². The average Bonchev–Trinajstić information content (AvgIpc) is 3.18. The first-order valence-corrected chi connectivity index (χ1v) is 8.66. The van der Waals surface area contributed by atoms with E-state index in [0.29, 0.717) is 18.0 Å². The van der Waals surface area contributed by atoms with Gasteiger partial charge in [0, 0.05) is 24.0 Å². The van der Waals surface area contributed by atoms with Crippen molar-refractivity contribution < 1.29 is 9.53 Å². The number of nitrogens with zero attached hydrogens (tertiary/aromatic N) is 3. The van der Waals surface area contributed by atoms with Crippen molar-refractivity contribution in [2.24, 2.45) is 0 Å². The zero-order chi connectivity index (χ0) is 19.4. The van der Waals surface area contributed by atoms with E-state index in [0.717, 1.165) is 22.5 Å². The number of benzene rings is 2. The van der Waals surface area contributed by atoms with Crippen LogP contribution in [-0.4, -0.2) is 29.3 Å². The van der Waals surface area contributed by atoms with Crippen molar-refractivity contribution in [1.29, 1.82) is 0 Å². The van der Waals surface area contributed by atoms with Crippen molar-refractivity contribution in [3.8, 4) is 23.8 Å². The van der Waals surface area contributed by atoms with Crippen LogP contribution in [0.4, 0.5) is 5.69 Å². The van der Waals surface area contributed by atoms with Gasteiger partial charge in [-0.2, -0.15) is 5.10 Å². The molecule has 27 heavy (non-hydrogen) atoms. The number of rotatable bonds is 5. The molecule has 0 radical (unpaired) electrons. The van der Waals surface area contributed by atoms with Crippen LogP contribution in [0.25, 0.3) is 5.69 Å². The van der Waals surface area contributed by atoms with Gasteiger partial charge in [-0.3, -0.25) is 4.79 Å². The quantitative estimate of drug-likeness (QED) is 0.651. The number of methoxy groups -OCH3 is 1. The molecule has 0 N–H and O–H groups in total. The third-order valence-corrected chi connectivity index (χ3v) is 4.28. The molecule has 1 heterocycles. The third-order valence-electron chi connectivity index (χ3n) is 4.28. The van der Waals surface area contributed by atoms with Crippen LogP contribution in [0.15, 0.2) is 54.7 Å². The molecule has 0 bridgehead atoms. The summed E-state index contributed by atoms with van der Waals surface area (Å²) in [5.41, 5.74) is 3.70. The Morgan fingerprint density at radius 3 is 2.78 bits per heavy atom. The molecule has 0 aliphatic heterocycles. The van der Waals surface area contributed by atoms with Crippen LogP contribution in [0.3, 0.4) is 0 Å². The summed E-state index contributed by atoms with van der Waals surface area (Å²) in [4.78, 5) is 14.7. The second kappa shape index (κ2) is 7.79. The number of amides is 1. The second-order valence-corrected chi connectivity index (χ2v) is 6.06. The van der Waals surface area contributed by atoms with E-state index >= 15 is 0 Å². The molecule has 0 aliphatic rings. The Balaban J connectivity index is 1.94. The van der Waals surface area contributed by atoms with Crippen molar-refractivity contribution in [3.63, 3.8) is 0 Å². The monoisotopic (exact) mass is 359 g/mol. The smallest absolute Gasteiger partial charge is 0.278 e. The predicted molar refractivity (Wildman–Crippen MR) is 107 cm³/mol. The topological polar surface area (TPSA) is 47.4 Å². The number of carbonyl (C=O) groups is 1. The van der Waals surface area contributed by atoms with Gasteiger partial charge >= 0.3 is 0 Å². The summed E-state index contributed by atoms with van der Waals surface area (Å²) < 4.78 is 7.07. The molecule has 0 atom stereocenters. The maximum atomic E-state index is 13.0. The first-order chi connectivity index (χ1) is 13.1. The zero-order valence-electron chi connectivity index (χ0n) is 15.6. The van der Waals surface area contributed by atoms with Crippen LogP contribution >= 0.6 is 0 Å². The van der Waals surface area contributed by atoms with Crippen LogP contribution in [0.2, 0.25) is 0 Å². The number of hydrogen-bond donors (Lipinski definition) is 0. The lowest BCUT2D eigenvalue weighted by atomic mass is 10.2. The summed E-state index contributed by atoms with van der Waals surface area (Å²) in [5.74, 6) is 3.11. The average molecular weight is 359 g/mol. The van der Waals surface area contributed by atoms with Gasteiger partial charge in [-0.25, -0.2) is 4.68 Å². The van der Waals surface area contributed by atoms with Gasteiger partial charge in [0.2, 0.25) is 0 Å². The maximum absolute atomic E-state index is 13.0. The highest BCUT2D eigenvalue weighted by Gasteiger charge is 2.20. The summed E-state index contributed by atoms with van der Waals surface area (Å²) in [6.07, 6.45) is 7.23. The van der Waals surface area contributed by atoms with Gasteiger partial charge in [0.05, 0.1) is 7.11 Å². The molecule has 0 unspecified atom stereocenters. The summed E-state index contributed by atoms with van der Waals surface area (Å²) in [6, 6.07) is 14.9. The van der Waals surface area contributed by atoms with E-state index in [1.54, 1.807) is 29.0 Å². The molecule has 0 saturated carbocycles. The van der Waals surface area contributed by atoms with Crippen molar-refractivity contribution in [2.75, 3.05) is 18.6 Å². The second-order valence-electron chi connectivity index (χ2n) is 6.06. The number of ether oxygens (including phenoxy) is 1. The van der Waals surface area contributed by atoms with Crippen molar-refractivity contribution in [3.05, 3.63) is 71.5 Å². The van der Waals surface area contributed by atoms with E-state index in [2.05, 4.69) is 11.0 Å². The third kappa shape index (κ3) is 3.70. The Bertz CT molecular complexity index is 1010. The van der Waals surface area contributed by atoms with E-state index in [1.807, 2.05) is 56.3 Å². The van der Waals surface area contributed by atoms with Crippen molar-refractivity contribution in [2.45, 2.75) is 13.8 Å². The summed E-state index contributed by atoms with van der Waals surface area (Å²) in [7, 11) is 1.61. The van der Waals surface area contributed by atoms with Crippen LogP contribution in [-0.2, 0) is 0 Å². The van der Waals surface area contributed by atoms with Gasteiger partial charge in [0.1, 0.15) is 11.4 Å². The maximum Gasteiger partial charge on any atom is 0.278 e. The Kier molecular flexibility index (Phi) is 5.28. The van der Waals surface area contributed by atoms with Crippen LogP contribution in [0.1, 0.15) is 28.5 Å². The summed E-state index contributed by atoms with van der Waals surface area (Å²) >= 11 is 0. The minimum absolute atomic E-state index is 0.183. The van der Waals surface area contributed by atoms with Crippen LogP contribution in [0.5, 0.6) is 5.75 Å². The van der Waals surface area contributed by atoms with Gasteiger partial charge in [0.15, 0.2) is 5.69 Å². The van der Waals surface area contributed by atoms with Gasteiger partial charge in [-0.15, -0.1) is 6.42 Å². The Labute approximate surface area is 159 Å². The van der Waals surface area contributed by atoms with Crippen LogP contribution < -0.4 is 9.64 Å². The minimum atomic E-state index is -0.183. The molecule has 136 valence electrons. The zero-order valence-corrected chi connectivity index (χ0v) is 15.6. The molecule has 2 aromatic carbocycles. The van der Waals surface area contributed by atoms with Gasteiger partial charge in [-0.1, -0.05) is 18.1 Å². The Morgan fingerprint density at radius 2 is 2.07 bits per heavy atom. The molecule has 5 nitrogen and oxygen atoms in total. The first-order valence-electron chi connectivity index (χ1n) is 8.66. The molecule has 3 aromatic rings. The molecule has 0 fully saturated rings. The normalized spacial score (nSPS) is 10.3. The Hall–Kier alpha value is -3.52. The van der Waals surface area contributed by atoms with Gasteiger partial charge in [0.25, 0.3) is 5.91 Å². The highest BCUT2D eigenvalue weighted by Crippen LogP contribution is 2.24. The molecule has 0 saturated heterocycles. The standard InChI is InChI=1S/C22H21N3O2/c1-5-17-8-7-9-18(15-17)24(6-2)22(26)19-12-13-25(23-19)20-14-16(3)10-11-21(20)27-4/h1,7-15H,6H2,2-4H3. The lowest BCUT2D eigenvalue weighted by Crippen LogP contribution is -2.31. The van der Waals surface area contributed by atoms with E-state index in [9.17, 15) is 4.79 Å². The minimum Gasteiger partial charge on any atom is -0.494 e. The number of aromatic nitrogens is 2. The lowest BCUT2D eigenvalue weighted by molar-refractivity contribution is 0.0983. The molecular formula is C22H21N3O2. The number of terminal acetylenes is 1. The fourth-order valence-corrected chi connectivity index (χ4v) is 2.90. The highest BCUT2D eigenvalue weighted by atomic mass is 16.5. The molecule has 1 aromatic heterocycles. The fraction of sp³-hybridized carbons (Fsp3) is 0.182. The molecule has 0 aliphatic carbocycles. The van der Waals surface area contributed by atoms with Gasteiger partial charge in [-0.05, 0) is 55.8 Å². The van der Waals surface area contributed by atoms with Gasteiger partial charge < -0.3 is 9.64 Å². The SMILES string of the molecule is C#Cc1cccc(N(CC)C(=O)c2ccn(-c3cc(C)ccc3OC)n2)c1. The van der Waals surface area contributed by atoms with E-state index in [1.165, 1.54) is 0 Å².